The van der Waals surface area contributed by atoms with Gasteiger partial charge in [0, 0.05) is 15.4 Å². The van der Waals surface area contributed by atoms with Gasteiger partial charge in [0.15, 0.2) is 0 Å². The normalized spacial score (nSPS) is 11.0. The highest BCUT2D eigenvalue weighted by atomic mass is 32.1. The van der Waals surface area contributed by atoms with Gasteiger partial charge < -0.3 is 5.73 Å². The largest absolute Gasteiger partial charge is 0.399 e. The average molecular weight is 245 g/mol. The van der Waals surface area contributed by atoms with Crippen LogP contribution in [0.5, 0.6) is 0 Å². The standard InChI is InChI=1S/C15H19NS/c1-11(2)15-9-8-14(17-15)7-6-12-4-3-5-13(16)10-12/h3-5,8-11H,6-7,16H2,1-2H3. The number of rotatable bonds is 4. The van der Waals surface area contributed by atoms with Crippen molar-refractivity contribution in [2.45, 2.75) is 32.6 Å². The molecule has 0 aliphatic rings. The van der Waals surface area contributed by atoms with Crippen LogP contribution in [-0.4, -0.2) is 0 Å². The van der Waals surface area contributed by atoms with Crippen molar-refractivity contribution in [3.8, 4) is 0 Å². The van der Waals surface area contributed by atoms with Crippen molar-refractivity contribution >= 4 is 17.0 Å². The lowest BCUT2D eigenvalue weighted by Crippen LogP contribution is -1.91. The highest BCUT2D eigenvalue weighted by molar-refractivity contribution is 7.12. The van der Waals surface area contributed by atoms with E-state index in [0.29, 0.717) is 5.92 Å². The van der Waals surface area contributed by atoms with Crippen molar-refractivity contribution < 1.29 is 0 Å². The minimum Gasteiger partial charge on any atom is -0.399 e. The van der Waals surface area contributed by atoms with Crippen molar-refractivity contribution in [3.05, 3.63) is 51.7 Å². The van der Waals surface area contributed by atoms with Gasteiger partial charge in [-0.2, -0.15) is 0 Å². The predicted molar refractivity (Wildman–Crippen MR) is 76.7 cm³/mol. The Balaban J connectivity index is 1.97. The summed E-state index contributed by atoms with van der Waals surface area (Å²) in [5.74, 6) is 0.640. The van der Waals surface area contributed by atoms with Crippen LogP contribution in [0.1, 0.15) is 35.1 Å². The summed E-state index contributed by atoms with van der Waals surface area (Å²) in [7, 11) is 0. The zero-order valence-electron chi connectivity index (χ0n) is 10.4. The summed E-state index contributed by atoms with van der Waals surface area (Å²) < 4.78 is 0. The van der Waals surface area contributed by atoms with Gasteiger partial charge >= 0.3 is 0 Å². The number of nitrogens with two attached hydrogens (primary N) is 1. The summed E-state index contributed by atoms with van der Waals surface area (Å²) in [6.45, 7) is 4.49. The molecular weight excluding hydrogens is 226 g/mol. The van der Waals surface area contributed by atoms with Crippen molar-refractivity contribution in [1.82, 2.24) is 0 Å². The van der Waals surface area contributed by atoms with Gasteiger partial charge in [-0.15, -0.1) is 11.3 Å². The van der Waals surface area contributed by atoms with Gasteiger partial charge in [-0.25, -0.2) is 0 Å². The number of thiophene rings is 1. The summed E-state index contributed by atoms with van der Waals surface area (Å²) in [4.78, 5) is 2.95. The zero-order valence-corrected chi connectivity index (χ0v) is 11.3. The summed E-state index contributed by atoms with van der Waals surface area (Å²) in [6.07, 6.45) is 2.18. The van der Waals surface area contributed by atoms with Crippen LogP contribution in [0, 0.1) is 0 Å². The molecule has 1 aromatic heterocycles. The molecule has 0 saturated carbocycles. The van der Waals surface area contributed by atoms with Crippen LogP contribution in [0.25, 0.3) is 0 Å². The van der Waals surface area contributed by atoms with Crippen LogP contribution >= 0.6 is 11.3 Å². The number of nitrogen functional groups attached to an aromatic ring is 1. The lowest BCUT2D eigenvalue weighted by atomic mass is 10.1. The van der Waals surface area contributed by atoms with E-state index < -0.39 is 0 Å². The molecule has 2 rings (SSSR count). The lowest BCUT2D eigenvalue weighted by molar-refractivity contribution is 0.890. The molecule has 0 aliphatic heterocycles. The second-order valence-corrected chi connectivity index (χ2v) is 5.90. The predicted octanol–water partition coefficient (Wildman–Crippen LogP) is 4.24. The molecule has 2 heteroatoms. The molecule has 0 bridgehead atoms. The third kappa shape index (κ3) is 3.34. The minimum atomic E-state index is 0.640. The zero-order chi connectivity index (χ0) is 12.3. The summed E-state index contributed by atoms with van der Waals surface area (Å²) in [6, 6.07) is 12.7. The maximum Gasteiger partial charge on any atom is 0.0316 e. The van der Waals surface area contributed by atoms with E-state index in [2.05, 4.69) is 38.1 Å². The van der Waals surface area contributed by atoms with Gasteiger partial charge in [0.05, 0.1) is 0 Å². The van der Waals surface area contributed by atoms with E-state index in [1.54, 1.807) is 0 Å². The SMILES string of the molecule is CC(C)c1ccc(CCc2cccc(N)c2)s1. The Morgan fingerprint density at radius 2 is 1.94 bits per heavy atom. The van der Waals surface area contributed by atoms with E-state index in [9.17, 15) is 0 Å². The van der Waals surface area contributed by atoms with Crippen molar-refractivity contribution in [3.63, 3.8) is 0 Å². The lowest BCUT2D eigenvalue weighted by Gasteiger charge is -2.01. The van der Waals surface area contributed by atoms with E-state index in [0.717, 1.165) is 18.5 Å². The first-order valence-corrected chi connectivity index (χ1v) is 6.90. The first kappa shape index (κ1) is 12.2. The van der Waals surface area contributed by atoms with Gasteiger partial charge in [-0.3, -0.25) is 0 Å². The molecule has 0 saturated heterocycles. The molecule has 2 aromatic rings. The van der Waals surface area contributed by atoms with E-state index in [1.807, 2.05) is 23.5 Å². The van der Waals surface area contributed by atoms with Crippen molar-refractivity contribution in [1.29, 1.82) is 0 Å². The average Bonchev–Trinajstić information content (AvgIpc) is 2.75. The molecule has 0 amide bonds. The monoisotopic (exact) mass is 245 g/mol. The Morgan fingerprint density at radius 1 is 1.12 bits per heavy atom. The first-order chi connectivity index (χ1) is 8.15. The van der Waals surface area contributed by atoms with Gasteiger partial charge in [0.2, 0.25) is 0 Å². The second-order valence-electron chi connectivity index (χ2n) is 4.70. The van der Waals surface area contributed by atoms with Gasteiger partial charge in [0.25, 0.3) is 0 Å². The van der Waals surface area contributed by atoms with Crippen LogP contribution in [-0.2, 0) is 12.8 Å². The quantitative estimate of drug-likeness (QED) is 0.801. The fourth-order valence-electron chi connectivity index (χ4n) is 1.86. The van der Waals surface area contributed by atoms with E-state index in [1.165, 1.54) is 15.3 Å². The topological polar surface area (TPSA) is 26.0 Å². The Morgan fingerprint density at radius 3 is 2.59 bits per heavy atom. The molecule has 0 aliphatic carbocycles. The fourth-order valence-corrected chi connectivity index (χ4v) is 2.87. The number of anilines is 1. The second kappa shape index (κ2) is 5.37. The number of hydrogen-bond acceptors (Lipinski definition) is 2. The van der Waals surface area contributed by atoms with Gasteiger partial charge in [-0.05, 0) is 48.6 Å². The van der Waals surface area contributed by atoms with Gasteiger partial charge in [-0.1, -0.05) is 26.0 Å². The van der Waals surface area contributed by atoms with Crippen LogP contribution in [0.15, 0.2) is 36.4 Å². The highest BCUT2D eigenvalue weighted by Crippen LogP contribution is 2.25. The Bertz CT molecular complexity index is 485. The number of benzene rings is 1. The molecule has 17 heavy (non-hydrogen) atoms. The highest BCUT2D eigenvalue weighted by Gasteiger charge is 2.04. The molecule has 0 fully saturated rings. The molecule has 2 N–H and O–H groups in total. The molecule has 0 atom stereocenters. The number of aryl methyl sites for hydroxylation is 2. The number of hydrogen-bond donors (Lipinski definition) is 1. The smallest absolute Gasteiger partial charge is 0.0316 e. The van der Waals surface area contributed by atoms with Crippen molar-refractivity contribution in [2.24, 2.45) is 0 Å². The molecule has 1 heterocycles. The van der Waals surface area contributed by atoms with E-state index >= 15 is 0 Å². The van der Waals surface area contributed by atoms with Crippen LogP contribution in [0.3, 0.4) is 0 Å². The first-order valence-electron chi connectivity index (χ1n) is 6.08. The van der Waals surface area contributed by atoms with Gasteiger partial charge in [0.1, 0.15) is 0 Å². The maximum absolute atomic E-state index is 5.77. The Labute approximate surface area is 107 Å². The molecule has 0 unspecified atom stereocenters. The molecule has 1 aromatic carbocycles. The van der Waals surface area contributed by atoms with E-state index in [-0.39, 0.29) is 0 Å². The van der Waals surface area contributed by atoms with E-state index in [4.69, 9.17) is 5.73 Å². The Hall–Kier alpha value is -1.28. The molecule has 0 spiro atoms. The van der Waals surface area contributed by atoms with Crippen LogP contribution in [0.2, 0.25) is 0 Å². The van der Waals surface area contributed by atoms with Crippen LogP contribution < -0.4 is 5.73 Å². The molecule has 0 radical (unpaired) electrons. The van der Waals surface area contributed by atoms with Crippen LogP contribution in [0.4, 0.5) is 5.69 Å². The van der Waals surface area contributed by atoms with Crippen molar-refractivity contribution in [2.75, 3.05) is 5.73 Å². The summed E-state index contributed by atoms with van der Waals surface area (Å²) in [5.41, 5.74) is 7.96. The minimum absolute atomic E-state index is 0.640. The molecule has 90 valence electrons. The molecule has 1 nitrogen and oxygen atoms in total. The summed E-state index contributed by atoms with van der Waals surface area (Å²) in [5, 5.41) is 0. The third-order valence-corrected chi connectivity index (χ3v) is 4.31. The fraction of sp³-hybridized carbons (Fsp3) is 0.333. The third-order valence-electron chi connectivity index (χ3n) is 2.86. The maximum atomic E-state index is 5.77. The Kier molecular flexibility index (Phi) is 3.85. The molecular formula is C15H19NS. The summed E-state index contributed by atoms with van der Waals surface area (Å²) >= 11 is 1.93.